The average Bonchev–Trinajstić information content (AvgIpc) is 2.74. The van der Waals surface area contributed by atoms with Gasteiger partial charge in [0.2, 0.25) is 5.91 Å². The highest BCUT2D eigenvalue weighted by atomic mass is 35.5. The van der Waals surface area contributed by atoms with Gasteiger partial charge in [-0.05, 0) is 55.4 Å². The van der Waals surface area contributed by atoms with Crippen molar-refractivity contribution in [2.75, 3.05) is 36.4 Å². The number of amides is 2. The minimum absolute atomic E-state index is 0.208. The topological polar surface area (TPSA) is 64.7 Å². The third kappa shape index (κ3) is 5.95. The van der Waals surface area contributed by atoms with Crippen LogP contribution in [0.3, 0.4) is 0 Å². The summed E-state index contributed by atoms with van der Waals surface area (Å²) in [6, 6.07) is 12.9. The molecule has 1 aliphatic rings. The SMILES string of the molecule is CCCC(=O)N1CCN(c2ccc(NC(=S)NC(=O)c3ccccc3C)cc2Cl)CC1. The fraction of sp³-hybridized carbons (Fsp3) is 0.348. The number of carbonyl (C=O) groups excluding carboxylic acids is 2. The Labute approximate surface area is 193 Å². The summed E-state index contributed by atoms with van der Waals surface area (Å²) in [4.78, 5) is 28.6. The first-order chi connectivity index (χ1) is 14.9. The number of piperazine rings is 1. The summed E-state index contributed by atoms with van der Waals surface area (Å²) in [5.74, 6) is -0.0390. The molecule has 6 nitrogen and oxygen atoms in total. The highest BCUT2D eigenvalue weighted by Gasteiger charge is 2.22. The molecule has 0 saturated carbocycles. The molecule has 0 bridgehead atoms. The third-order valence-electron chi connectivity index (χ3n) is 5.26. The van der Waals surface area contributed by atoms with Gasteiger partial charge < -0.3 is 15.1 Å². The molecular weight excluding hydrogens is 432 g/mol. The van der Waals surface area contributed by atoms with Gasteiger partial charge in [-0.1, -0.05) is 36.7 Å². The van der Waals surface area contributed by atoms with Crippen molar-refractivity contribution in [1.29, 1.82) is 0 Å². The summed E-state index contributed by atoms with van der Waals surface area (Å²) in [5, 5.41) is 6.51. The second kappa shape index (κ2) is 10.6. The van der Waals surface area contributed by atoms with Crippen molar-refractivity contribution in [3.05, 3.63) is 58.6 Å². The lowest BCUT2D eigenvalue weighted by Gasteiger charge is -2.36. The first kappa shape index (κ1) is 23.0. The van der Waals surface area contributed by atoms with E-state index in [1.54, 1.807) is 12.1 Å². The number of nitrogens with zero attached hydrogens (tertiary/aromatic N) is 2. The van der Waals surface area contributed by atoms with Crippen LogP contribution in [0.25, 0.3) is 0 Å². The molecule has 0 atom stereocenters. The molecule has 2 aromatic rings. The summed E-state index contributed by atoms with van der Waals surface area (Å²) >= 11 is 11.8. The quantitative estimate of drug-likeness (QED) is 0.656. The van der Waals surface area contributed by atoms with Crippen molar-refractivity contribution in [1.82, 2.24) is 10.2 Å². The molecule has 1 aliphatic heterocycles. The van der Waals surface area contributed by atoms with Gasteiger partial charge in [0.25, 0.3) is 5.91 Å². The van der Waals surface area contributed by atoms with Crippen LogP contribution in [-0.2, 0) is 4.79 Å². The maximum absolute atomic E-state index is 12.4. The van der Waals surface area contributed by atoms with Crippen LogP contribution in [0.15, 0.2) is 42.5 Å². The summed E-state index contributed by atoms with van der Waals surface area (Å²) in [7, 11) is 0. The number of hydrogen-bond donors (Lipinski definition) is 2. The molecule has 0 spiro atoms. The number of hydrogen-bond acceptors (Lipinski definition) is 4. The van der Waals surface area contributed by atoms with E-state index in [1.807, 2.05) is 49.1 Å². The smallest absolute Gasteiger partial charge is 0.257 e. The van der Waals surface area contributed by atoms with Crippen LogP contribution in [0.2, 0.25) is 5.02 Å². The third-order valence-corrected chi connectivity index (χ3v) is 5.77. The van der Waals surface area contributed by atoms with Crippen LogP contribution < -0.4 is 15.5 Å². The van der Waals surface area contributed by atoms with E-state index >= 15 is 0 Å². The van der Waals surface area contributed by atoms with Gasteiger partial charge in [-0.3, -0.25) is 14.9 Å². The molecule has 0 unspecified atom stereocenters. The van der Waals surface area contributed by atoms with Crippen LogP contribution in [0.1, 0.15) is 35.7 Å². The maximum atomic E-state index is 12.4. The highest BCUT2D eigenvalue weighted by Crippen LogP contribution is 2.29. The first-order valence-electron chi connectivity index (χ1n) is 10.4. The van der Waals surface area contributed by atoms with Gasteiger partial charge in [-0.25, -0.2) is 0 Å². The lowest BCUT2D eigenvalue weighted by molar-refractivity contribution is -0.131. The van der Waals surface area contributed by atoms with Crippen LogP contribution in [0.5, 0.6) is 0 Å². The van der Waals surface area contributed by atoms with Crippen LogP contribution in [0.4, 0.5) is 11.4 Å². The Bertz CT molecular complexity index is 974. The molecule has 1 saturated heterocycles. The highest BCUT2D eigenvalue weighted by molar-refractivity contribution is 7.80. The van der Waals surface area contributed by atoms with Gasteiger partial charge >= 0.3 is 0 Å². The van der Waals surface area contributed by atoms with Gasteiger partial charge in [0.1, 0.15) is 0 Å². The standard InChI is InChI=1S/C23H27ClN4O2S/c1-3-6-21(29)28-13-11-27(12-14-28)20-10-9-17(15-19(20)24)25-23(31)26-22(30)18-8-5-4-7-16(18)2/h4-5,7-10,15H,3,6,11-14H2,1-2H3,(H2,25,26,30,31). The van der Waals surface area contributed by atoms with Crippen molar-refractivity contribution in [2.45, 2.75) is 26.7 Å². The largest absolute Gasteiger partial charge is 0.367 e. The molecule has 0 radical (unpaired) electrons. The second-order valence-electron chi connectivity index (χ2n) is 7.51. The molecule has 2 aromatic carbocycles. The number of thiocarbonyl (C=S) groups is 1. The Balaban J connectivity index is 1.57. The minimum atomic E-state index is -0.256. The maximum Gasteiger partial charge on any atom is 0.257 e. The summed E-state index contributed by atoms with van der Waals surface area (Å²) in [6.07, 6.45) is 1.47. The number of halogens is 1. The van der Waals surface area contributed by atoms with Crippen LogP contribution >= 0.6 is 23.8 Å². The predicted molar refractivity (Wildman–Crippen MR) is 130 cm³/mol. The molecule has 1 fully saturated rings. The predicted octanol–water partition coefficient (Wildman–Crippen LogP) is 4.22. The van der Waals surface area contributed by atoms with E-state index in [1.165, 1.54) is 0 Å². The van der Waals surface area contributed by atoms with Crippen molar-refractivity contribution < 1.29 is 9.59 Å². The lowest BCUT2D eigenvalue weighted by Crippen LogP contribution is -2.48. The molecule has 3 rings (SSSR count). The monoisotopic (exact) mass is 458 g/mol. The molecule has 164 valence electrons. The molecule has 31 heavy (non-hydrogen) atoms. The van der Waals surface area contributed by atoms with Gasteiger partial charge in [-0.15, -0.1) is 0 Å². The molecule has 0 aromatic heterocycles. The van der Waals surface area contributed by atoms with Gasteiger partial charge in [0.15, 0.2) is 5.11 Å². The number of benzene rings is 2. The fourth-order valence-corrected chi connectivity index (χ4v) is 4.08. The van der Waals surface area contributed by atoms with E-state index in [-0.39, 0.29) is 16.9 Å². The number of aryl methyl sites for hydroxylation is 1. The zero-order valence-electron chi connectivity index (χ0n) is 17.8. The number of anilines is 2. The van der Waals surface area contributed by atoms with E-state index in [4.69, 9.17) is 23.8 Å². The Morgan fingerprint density at radius 3 is 2.45 bits per heavy atom. The first-order valence-corrected chi connectivity index (χ1v) is 11.2. The number of nitrogens with one attached hydrogen (secondary N) is 2. The van der Waals surface area contributed by atoms with Gasteiger partial charge in [-0.2, -0.15) is 0 Å². The average molecular weight is 459 g/mol. The van der Waals surface area contributed by atoms with E-state index < -0.39 is 0 Å². The number of rotatable bonds is 5. The van der Waals surface area contributed by atoms with E-state index in [9.17, 15) is 9.59 Å². The Hall–Kier alpha value is -2.64. The number of carbonyl (C=O) groups is 2. The Morgan fingerprint density at radius 2 is 1.81 bits per heavy atom. The van der Waals surface area contributed by atoms with Crippen molar-refractivity contribution in [3.63, 3.8) is 0 Å². The van der Waals surface area contributed by atoms with E-state index in [0.717, 1.165) is 30.8 Å². The van der Waals surface area contributed by atoms with Crippen molar-refractivity contribution in [3.8, 4) is 0 Å². The van der Waals surface area contributed by atoms with E-state index in [0.29, 0.717) is 35.8 Å². The van der Waals surface area contributed by atoms with Crippen LogP contribution in [0, 0.1) is 6.92 Å². The molecule has 1 heterocycles. The fourth-order valence-electron chi connectivity index (χ4n) is 3.57. The summed E-state index contributed by atoms with van der Waals surface area (Å²) < 4.78 is 0. The van der Waals surface area contributed by atoms with E-state index in [2.05, 4.69) is 15.5 Å². The minimum Gasteiger partial charge on any atom is -0.367 e. The molecular formula is C23H27ClN4O2S. The normalized spacial score (nSPS) is 13.6. The molecule has 2 N–H and O–H groups in total. The van der Waals surface area contributed by atoms with Crippen LogP contribution in [-0.4, -0.2) is 48.0 Å². The molecule has 0 aliphatic carbocycles. The van der Waals surface area contributed by atoms with Gasteiger partial charge in [0, 0.05) is 43.9 Å². The van der Waals surface area contributed by atoms with Crippen molar-refractivity contribution >= 4 is 52.1 Å². The summed E-state index contributed by atoms with van der Waals surface area (Å²) in [6.45, 7) is 6.78. The second-order valence-corrected chi connectivity index (χ2v) is 8.32. The lowest BCUT2D eigenvalue weighted by atomic mass is 10.1. The Morgan fingerprint density at radius 1 is 1.10 bits per heavy atom. The Kier molecular flexibility index (Phi) is 7.87. The zero-order chi connectivity index (χ0) is 22.4. The van der Waals surface area contributed by atoms with Gasteiger partial charge in [0.05, 0.1) is 10.7 Å². The zero-order valence-corrected chi connectivity index (χ0v) is 19.4. The molecule has 8 heteroatoms. The molecule has 2 amide bonds. The summed E-state index contributed by atoms with van der Waals surface area (Å²) in [5.41, 5.74) is 3.08. The van der Waals surface area contributed by atoms with Crippen molar-refractivity contribution in [2.24, 2.45) is 0 Å².